The Balaban J connectivity index is 2.49. The van der Waals surface area contributed by atoms with Crippen LogP contribution in [0.5, 0.6) is 5.75 Å². The molecule has 0 radical (unpaired) electrons. The average molecular weight is 277 g/mol. The quantitative estimate of drug-likeness (QED) is 0.929. The van der Waals surface area contributed by atoms with Gasteiger partial charge in [0.05, 0.1) is 13.2 Å². The molecule has 0 heterocycles. The summed E-state index contributed by atoms with van der Waals surface area (Å²) in [5, 5.41) is 0. The fourth-order valence-electron chi connectivity index (χ4n) is 2.43. The monoisotopic (exact) mass is 277 g/mol. The first-order valence-electron chi connectivity index (χ1n) is 6.30. The molecule has 0 aliphatic rings. The summed E-state index contributed by atoms with van der Waals surface area (Å²) < 4.78 is 32.4. The van der Waals surface area contributed by atoms with Crippen LogP contribution >= 0.6 is 0 Å². The van der Waals surface area contributed by atoms with Crippen LogP contribution in [0.3, 0.4) is 0 Å². The van der Waals surface area contributed by atoms with Gasteiger partial charge >= 0.3 is 0 Å². The Morgan fingerprint density at radius 3 is 2.25 bits per heavy atom. The van der Waals surface area contributed by atoms with Crippen LogP contribution in [-0.4, -0.2) is 7.11 Å². The molecule has 20 heavy (non-hydrogen) atoms. The summed E-state index contributed by atoms with van der Waals surface area (Å²) in [6.07, 6.45) is 0. The van der Waals surface area contributed by atoms with Gasteiger partial charge in [-0.1, -0.05) is 24.3 Å². The van der Waals surface area contributed by atoms with Gasteiger partial charge in [-0.05, 0) is 36.6 Å². The number of halogens is 2. The minimum Gasteiger partial charge on any atom is -0.496 e. The van der Waals surface area contributed by atoms with Crippen molar-refractivity contribution >= 4 is 0 Å². The highest BCUT2D eigenvalue weighted by atomic mass is 19.2. The summed E-state index contributed by atoms with van der Waals surface area (Å²) in [6, 6.07) is 6.99. The number of hydrogen-bond acceptors (Lipinski definition) is 2. The van der Waals surface area contributed by atoms with Crippen molar-refractivity contribution in [1.82, 2.24) is 0 Å². The van der Waals surface area contributed by atoms with E-state index in [0.717, 1.165) is 28.5 Å². The second-order valence-corrected chi connectivity index (χ2v) is 4.81. The maximum absolute atomic E-state index is 13.8. The predicted molar refractivity (Wildman–Crippen MR) is 74.9 cm³/mol. The maximum atomic E-state index is 13.8. The Kier molecular flexibility index (Phi) is 4.04. The zero-order valence-electron chi connectivity index (χ0n) is 11.7. The van der Waals surface area contributed by atoms with E-state index in [2.05, 4.69) is 0 Å². The molecule has 2 aromatic rings. The molecule has 2 N–H and O–H groups in total. The highest BCUT2D eigenvalue weighted by molar-refractivity contribution is 5.46. The third-order valence-corrected chi connectivity index (χ3v) is 3.36. The van der Waals surface area contributed by atoms with E-state index in [1.165, 1.54) is 12.1 Å². The predicted octanol–water partition coefficient (Wildman–Crippen LogP) is 3.64. The molecule has 0 aliphatic heterocycles. The molecule has 0 saturated heterocycles. The third-order valence-electron chi connectivity index (χ3n) is 3.36. The largest absolute Gasteiger partial charge is 0.496 e. The van der Waals surface area contributed by atoms with Gasteiger partial charge in [-0.3, -0.25) is 0 Å². The molecule has 0 saturated carbocycles. The smallest absolute Gasteiger partial charge is 0.163 e. The summed E-state index contributed by atoms with van der Waals surface area (Å²) in [5.41, 5.74) is 8.77. The lowest BCUT2D eigenvalue weighted by atomic mass is 9.95. The highest BCUT2D eigenvalue weighted by Gasteiger charge is 2.18. The number of nitrogens with two attached hydrogens (primary N) is 1. The zero-order valence-corrected chi connectivity index (χ0v) is 11.7. The average Bonchev–Trinajstić information content (AvgIpc) is 2.41. The van der Waals surface area contributed by atoms with Gasteiger partial charge in [-0.2, -0.15) is 0 Å². The van der Waals surface area contributed by atoms with Crippen molar-refractivity contribution in [3.63, 3.8) is 0 Å². The highest BCUT2D eigenvalue weighted by Crippen LogP contribution is 2.30. The van der Waals surface area contributed by atoms with Crippen molar-refractivity contribution in [2.75, 3.05) is 7.11 Å². The van der Waals surface area contributed by atoms with Crippen LogP contribution in [-0.2, 0) is 0 Å². The van der Waals surface area contributed by atoms with E-state index in [9.17, 15) is 8.78 Å². The van der Waals surface area contributed by atoms with E-state index < -0.39 is 17.7 Å². The van der Waals surface area contributed by atoms with E-state index in [4.69, 9.17) is 10.5 Å². The Morgan fingerprint density at radius 2 is 1.70 bits per heavy atom. The molecule has 0 amide bonds. The molecule has 0 aliphatic carbocycles. The molecule has 106 valence electrons. The van der Waals surface area contributed by atoms with Crippen molar-refractivity contribution in [3.05, 3.63) is 64.2 Å². The lowest BCUT2D eigenvalue weighted by molar-refractivity contribution is 0.408. The van der Waals surface area contributed by atoms with Gasteiger partial charge in [-0.15, -0.1) is 0 Å². The van der Waals surface area contributed by atoms with E-state index in [1.54, 1.807) is 7.11 Å². The van der Waals surface area contributed by atoms with Gasteiger partial charge < -0.3 is 10.5 Å². The van der Waals surface area contributed by atoms with E-state index in [-0.39, 0.29) is 5.56 Å². The number of hydrogen-bond donors (Lipinski definition) is 1. The van der Waals surface area contributed by atoms with Crippen LogP contribution in [0.25, 0.3) is 0 Å². The van der Waals surface area contributed by atoms with Gasteiger partial charge in [0.1, 0.15) is 5.75 Å². The number of methoxy groups -OCH3 is 1. The second kappa shape index (κ2) is 5.59. The van der Waals surface area contributed by atoms with Gasteiger partial charge in [0, 0.05) is 5.56 Å². The Morgan fingerprint density at radius 1 is 1.10 bits per heavy atom. The van der Waals surface area contributed by atoms with Crippen LogP contribution in [0.15, 0.2) is 30.3 Å². The maximum Gasteiger partial charge on any atom is 0.163 e. The van der Waals surface area contributed by atoms with E-state index >= 15 is 0 Å². The van der Waals surface area contributed by atoms with Crippen molar-refractivity contribution in [2.24, 2.45) is 5.73 Å². The van der Waals surface area contributed by atoms with Gasteiger partial charge in [0.15, 0.2) is 11.6 Å². The Bertz CT molecular complexity index is 617. The van der Waals surface area contributed by atoms with Crippen molar-refractivity contribution in [1.29, 1.82) is 0 Å². The van der Waals surface area contributed by atoms with Crippen molar-refractivity contribution in [2.45, 2.75) is 19.9 Å². The molecule has 2 rings (SSSR count). The number of rotatable bonds is 3. The summed E-state index contributed by atoms with van der Waals surface area (Å²) in [5.74, 6) is -1.01. The van der Waals surface area contributed by atoms with Gasteiger partial charge in [0.25, 0.3) is 0 Å². The molecule has 0 fully saturated rings. The Labute approximate surface area is 117 Å². The third kappa shape index (κ3) is 2.51. The Hall–Kier alpha value is -1.94. The second-order valence-electron chi connectivity index (χ2n) is 4.81. The van der Waals surface area contributed by atoms with Crippen LogP contribution in [0.4, 0.5) is 8.78 Å². The number of ether oxygens (including phenoxy) is 1. The van der Waals surface area contributed by atoms with Crippen LogP contribution in [0.1, 0.15) is 28.3 Å². The summed E-state index contributed by atoms with van der Waals surface area (Å²) >= 11 is 0. The molecule has 1 unspecified atom stereocenters. The van der Waals surface area contributed by atoms with Crippen molar-refractivity contribution < 1.29 is 13.5 Å². The van der Waals surface area contributed by atoms with Crippen LogP contribution < -0.4 is 10.5 Å². The minimum absolute atomic E-state index is 0.147. The fraction of sp³-hybridized carbons (Fsp3) is 0.250. The normalized spacial score (nSPS) is 12.3. The lowest BCUT2D eigenvalue weighted by Crippen LogP contribution is -2.15. The number of benzene rings is 2. The molecular weight excluding hydrogens is 260 g/mol. The van der Waals surface area contributed by atoms with Gasteiger partial charge in [0.2, 0.25) is 0 Å². The molecule has 4 heteroatoms. The standard InChI is InChI=1S/C16H17F2NO/c1-9-7-11(8-10(2)16(9)20-3)15(19)12-5-4-6-13(17)14(12)18/h4-8,15H,19H2,1-3H3. The topological polar surface area (TPSA) is 35.2 Å². The first-order chi connectivity index (χ1) is 9.45. The SMILES string of the molecule is COc1c(C)cc(C(N)c2cccc(F)c2F)cc1C. The first-order valence-corrected chi connectivity index (χ1v) is 6.30. The lowest BCUT2D eigenvalue weighted by Gasteiger charge is -2.17. The molecule has 0 bridgehead atoms. The van der Waals surface area contributed by atoms with Gasteiger partial charge in [-0.25, -0.2) is 8.78 Å². The molecule has 2 aromatic carbocycles. The first kappa shape index (κ1) is 14.5. The summed E-state index contributed by atoms with van der Waals surface area (Å²) in [4.78, 5) is 0. The number of aryl methyl sites for hydroxylation is 2. The zero-order chi connectivity index (χ0) is 14.9. The van der Waals surface area contributed by atoms with Crippen LogP contribution in [0, 0.1) is 25.5 Å². The fourth-order valence-corrected chi connectivity index (χ4v) is 2.43. The minimum atomic E-state index is -0.897. The van der Waals surface area contributed by atoms with Crippen molar-refractivity contribution in [3.8, 4) is 5.75 Å². The summed E-state index contributed by atoms with van der Waals surface area (Å²) in [7, 11) is 1.60. The van der Waals surface area contributed by atoms with Crippen LogP contribution in [0.2, 0.25) is 0 Å². The summed E-state index contributed by atoms with van der Waals surface area (Å²) in [6.45, 7) is 3.79. The molecular formula is C16H17F2NO. The molecule has 0 spiro atoms. The van der Waals surface area contributed by atoms with E-state index in [1.807, 2.05) is 26.0 Å². The van der Waals surface area contributed by atoms with E-state index in [0.29, 0.717) is 0 Å². The molecule has 0 aromatic heterocycles. The molecule has 1 atom stereocenters. The molecule has 2 nitrogen and oxygen atoms in total.